The molecule has 0 N–H and O–H groups in total. The van der Waals surface area contributed by atoms with Crippen LogP contribution in [0.4, 0.5) is 0 Å². The van der Waals surface area contributed by atoms with Gasteiger partial charge in [-0.25, -0.2) is 4.79 Å². The van der Waals surface area contributed by atoms with E-state index in [1.165, 1.54) is 12.2 Å². The molecule has 1 rings (SSSR count). The number of rotatable bonds is 5. The van der Waals surface area contributed by atoms with Gasteiger partial charge in [0.1, 0.15) is 6.29 Å². The molecule has 0 saturated carbocycles. The SMILES string of the molecule is CCOC(=O)/C=C/C(=C\C=O)c1ccccc1. The normalized spacial score (nSPS) is 11.5. The summed E-state index contributed by atoms with van der Waals surface area (Å²) in [5.74, 6) is -0.416. The topological polar surface area (TPSA) is 43.4 Å². The first kappa shape index (κ1) is 12.9. The Balaban J connectivity index is 2.86. The van der Waals surface area contributed by atoms with Gasteiger partial charge < -0.3 is 4.74 Å². The third-order valence-corrected chi connectivity index (χ3v) is 2.04. The number of hydrogen-bond donors (Lipinski definition) is 0. The molecule has 0 saturated heterocycles. The van der Waals surface area contributed by atoms with Crippen LogP contribution >= 0.6 is 0 Å². The zero-order chi connectivity index (χ0) is 12.5. The van der Waals surface area contributed by atoms with Crippen molar-refractivity contribution in [3.8, 4) is 0 Å². The molecule has 0 aliphatic rings. The molecule has 1 aromatic carbocycles. The van der Waals surface area contributed by atoms with Crippen molar-refractivity contribution in [2.45, 2.75) is 6.92 Å². The lowest BCUT2D eigenvalue weighted by molar-refractivity contribution is -0.137. The van der Waals surface area contributed by atoms with E-state index in [1.807, 2.05) is 30.3 Å². The van der Waals surface area contributed by atoms with Crippen molar-refractivity contribution >= 4 is 17.8 Å². The van der Waals surface area contributed by atoms with Gasteiger partial charge in [0.15, 0.2) is 0 Å². The number of carbonyl (C=O) groups is 2. The molecule has 3 nitrogen and oxygen atoms in total. The summed E-state index contributed by atoms with van der Waals surface area (Å²) in [5, 5.41) is 0. The second kappa shape index (κ2) is 7.17. The summed E-state index contributed by atoms with van der Waals surface area (Å²) in [5.41, 5.74) is 1.55. The number of ether oxygens (including phenoxy) is 1. The van der Waals surface area contributed by atoms with Gasteiger partial charge >= 0.3 is 5.97 Å². The standard InChI is InChI=1S/C14H14O3/c1-2-17-14(16)9-8-13(10-11-15)12-6-4-3-5-7-12/h3-11H,2H2,1H3/b9-8+,13-10+. The number of benzene rings is 1. The number of aldehydes is 1. The predicted octanol–water partition coefficient (Wildman–Crippen LogP) is 2.39. The third kappa shape index (κ3) is 4.47. The Labute approximate surface area is 100 Å². The van der Waals surface area contributed by atoms with Crippen LogP contribution in [0, 0.1) is 0 Å². The maximum atomic E-state index is 11.2. The van der Waals surface area contributed by atoms with Crippen LogP contribution in [0.15, 0.2) is 48.6 Å². The number of carbonyl (C=O) groups excluding carboxylic acids is 2. The van der Waals surface area contributed by atoms with Gasteiger partial charge in [0.05, 0.1) is 6.61 Å². The van der Waals surface area contributed by atoms with E-state index < -0.39 is 5.97 Å². The first-order valence-electron chi connectivity index (χ1n) is 5.33. The minimum Gasteiger partial charge on any atom is -0.463 e. The van der Waals surface area contributed by atoms with Crippen LogP contribution in [0.3, 0.4) is 0 Å². The molecule has 3 heteroatoms. The minimum atomic E-state index is -0.416. The molecule has 0 unspecified atom stereocenters. The molecule has 0 fully saturated rings. The van der Waals surface area contributed by atoms with E-state index in [-0.39, 0.29) is 0 Å². The van der Waals surface area contributed by atoms with Crippen LogP contribution < -0.4 is 0 Å². The first-order valence-corrected chi connectivity index (χ1v) is 5.33. The fourth-order valence-electron chi connectivity index (χ4n) is 1.30. The van der Waals surface area contributed by atoms with E-state index in [1.54, 1.807) is 13.0 Å². The van der Waals surface area contributed by atoms with Gasteiger partial charge in [-0.3, -0.25) is 4.79 Å². The zero-order valence-electron chi connectivity index (χ0n) is 9.63. The molecule has 0 amide bonds. The molecule has 17 heavy (non-hydrogen) atoms. The van der Waals surface area contributed by atoms with E-state index in [2.05, 4.69) is 0 Å². The van der Waals surface area contributed by atoms with Gasteiger partial charge in [-0.1, -0.05) is 30.3 Å². The van der Waals surface area contributed by atoms with Gasteiger partial charge in [-0.15, -0.1) is 0 Å². The second-order valence-corrected chi connectivity index (χ2v) is 3.21. The van der Waals surface area contributed by atoms with E-state index >= 15 is 0 Å². The highest BCUT2D eigenvalue weighted by molar-refractivity contribution is 5.91. The van der Waals surface area contributed by atoms with Crippen LogP contribution in [0.2, 0.25) is 0 Å². The van der Waals surface area contributed by atoms with Gasteiger partial charge in [0, 0.05) is 6.08 Å². The Bertz CT molecular complexity index is 430. The second-order valence-electron chi connectivity index (χ2n) is 3.21. The van der Waals surface area contributed by atoms with Crippen LogP contribution in [0.1, 0.15) is 12.5 Å². The average molecular weight is 230 g/mol. The molecule has 0 spiro atoms. The van der Waals surface area contributed by atoms with Crippen molar-refractivity contribution in [1.29, 1.82) is 0 Å². The molecule has 88 valence electrons. The lowest BCUT2D eigenvalue weighted by Gasteiger charge is -2.00. The zero-order valence-corrected chi connectivity index (χ0v) is 9.63. The summed E-state index contributed by atoms with van der Waals surface area (Å²) in [4.78, 5) is 21.7. The molecular weight excluding hydrogens is 216 g/mol. The summed E-state index contributed by atoms with van der Waals surface area (Å²) in [6.07, 6.45) is 4.98. The maximum Gasteiger partial charge on any atom is 0.330 e. The lowest BCUT2D eigenvalue weighted by atomic mass is 10.1. The molecule has 0 heterocycles. The monoisotopic (exact) mass is 230 g/mol. The summed E-state index contributed by atoms with van der Waals surface area (Å²) >= 11 is 0. The van der Waals surface area contributed by atoms with Gasteiger partial charge in [0.2, 0.25) is 0 Å². The Morgan fingerprint density at radius 1 is 1.24 bits per heavy atom. The lowest BCUT2D eigenvalue weighted by Crippen LogP contribution is -1.99. The fourth-order valence-corrected chi connectivity index (χ4v) is 1.30. The summed E-state index contributed by atoms with van der Waals surface area (Å²) in [7, 11) is 0. The number of esters is 1. The fraction of sp³-hybridized carbons (Fsp3) is 0.143. The summed E-state index contributed by atoms with van der Waals surface area (Å²) in [6, 6.07) is 9.35. The van der Waals surface area contributed by atoms with Crippen LogP contribution in [-0.4, -0.2) is 18.9 Å². The minimum absolute atomic E-state index is 0.335. The molecule has 1 aromatic rings. The van der Waals surface area contributed by atoms with Crippen molar-refractivity contribution in [1.82, 2.24) is 0 Å². The third-order valence-electron chi connectivity index (χ3n) is 2.04. The Kier molecular flexibility index (Phi) is 5.44. The Hall–Kier alpha value is -2.16. The maximum absolute atomic E-state index is 11.2. The van der Waals surface area contributed by atoms with Crippen LogP contribution in [-0.2, 0) is 14.3 Å². The highest BCUT2D eigenvalue weighted by atomic mass is 16.5. The molecule has 0 aliphatic carbocycles. The molecule has 0 aliphatic heterocycles. The summed E-state index contributed by atoms with van der Waals surface area (Å²) in [6.45, 7) is 2.08. The van der Waals surface area contributed by atoms with Crippen molar-refractivity contribution < 1.29 is 14.3 Å². The Morgan fingerprint density at radius 2 is 1.94 bits per heavy atom. The van der Waals surface area contributed by atoms with E-state index in [4.69, 9.17) is 4.74 Å². The summed E-state index contributed by atoms with van der Waals surface area (Å²) < 4.78 is 4.76. The van der Waals surface area contributed by atoms with Gasteiger partial charge in [0.25, 0.3) is 0 Å². The van der Waals surface area contributed by atoms with Crippen LogP contribution in [0.25, 0.3) is 5.57 Å². The highest BCUT2D eigenvalue weighted by Crippen LogP contribution is 2.14. The van der Waals surface area contributed by atoms with E-state index in [0.717, 1.165) is 5.56 Å². The Morgan fingerprint density at radius 3 is 2.53 bits per heavy atom. The number of allylic oxidation sites excluding steroid dienone is 3. The van der Waals surface area contributed by atoms with E-state index in [9.17, 15) is 9.59 Å². The largest absolute Gasteiger partial charge is 0.463 e. The number of hydrogen-bond acceptors (Lipinski definition) is 3. The smallest absolute Gasteiger partial charge is 0.330 e. The highest BCUT2D eigenvalue weighted by Gasteiger charge is 1.98. The molecule has 0 aromatic heterocycles. The first-order chi connectivity index (χ1) is 8.27. The van der Waals surface area contributed by atoms with Gasteiger partial charge in [-0.05, 0) is 30.2 Å². The van der Waals surface area contributed by atoms with Crippen molar-refractivity contribution in [2.24, 2.45) is 0 Å². The van der Waals surface area contributed by atoms with E-state index in [0.29, 0.717) is 18.5 Å². The van der Waals surface area contributed by atoms with Crippen molar-refractivity contribution in [3.05, 3.63) is 54.1 Å². The molecule has 0 radical (unpaired) electrons. The molecule has 0 atom stereocenters. The van der Waals surface area contributed by atoms with Crippen molar-refractivity contribution in [3.63, 3.8) is 0 Å². The molecular formula is C14H14O3. The van der Waals surface area contributed by atoms with Gasteiger partial charge in [-0.2, -0.15) is 0 Å². The molecule has 0 bridgehead atoms. The average Bonchev–Trinajstić information content (AvgIpc) is 2.36. The van der Waals surface area contributed by atoms with Crippen LogP contribution in [0.5, 0.6) is 0 Å². The predicted molar refractivity (Wildman–Crippen MR) is 66.3 cm³/mol. The van der Waals surface area contributed by atoms with Crippen molar-refractivity contribution in [2.75, 3.05) is 6.61 Å². The quantitative estimate of drug-likeness (QED) is 0.337.